The number of hydrogen-bond donors (Lipinski definition) is 2. The number of rotatable bonds is 10. The molecule has 25 heavy (non-hydrogen) atoms. The lowest BCUT2D eigenvalue weighted by molar-refractivity contribution is -0.119. The molecule has 0 saturated carbocycles. The molecule has 0 heterocycles. The molecular weight excluding hydrogens is 312 g/mol. The Morgan fingerprint density at radius 1 is 0.720 bits per heavy atom. The third-order valence-corrected chi connectivity index (χ3v) is 4.13. The van der Waals surface area contributed by atoms with Gasteiger partial charge in [0.25, 0.3) is 0 Å². The van der Waals surface area contributed by atoms with Gasteiger partial charge in [0.1, 0.15) is 0 Å². The van der Waals surface area contributed by atoms with Crippen LogP contribution >= 0.6 is 0 Å². The summed E-state index contributed by atoms with van der Waals surface area (Å²) in [7, 11) is 0. The van der Waals surface area contributed by atoms with Gasteiger partial charge >= 0.3 is 0 Å². The second kappa shape index (κ2) is 9.87. The molecule has 0 aliphatic rings. The average Bonchev–Trinajstić information content (AvgIpc) is 2.62. The van der Waals surface area contributed by atoms with Crippen LogP contribution < -0.4 is 10.6 Å². The van der Waals surface area contributed by atoms with Gasteiger partial charge < -0.3 is 10.6 Å². The Bertz CT molecular complexity index is 611. The topological polar surface area (TPSA) is 58.2 Å². The number of carbonyl (C=O) groups excluding carboxylic acids is 2. The predicted molar refractivity (Wildman–Crippen MR) is 100 cm³/mol. The molecule has 0 radical (unpaired) electrons. The highest BCUT2D eigenvalue weighted by atomic mass is 16.1. The lowest BCUT2D eigenvalue weighted by Crippen LogP contribution is -2.32. The monoisotopic (exact) mass is 338 g/mol. The maximum atomic E-state index is 11.9. The van der Waals surface area contributed by atoms with Gasteiger partial charge in [-0.1, -0.05) is 60.7 Å². The van der Waals surface area contributed by atoms with Gasteiger partial charge in [-0.15, -0.1) is 0 Å². The van der Waals surface area contributed by atoms with Crippen LogP contribution in [-0.2, 0) is 9.59 Å². The Labute approximate surface area is 149 Å². The zero-order chi connectivity index (χ0) is 18.1. The highest BCUT2D eigenvalue weighted by Crippen LogP contribution is 2.14. The summed E-state index contributed by atoms with van der Waals surface area (Å²) in [5, 5.41) is 6.61. The number of carbonyl (C=O) groups is 2. The molecule has 0 aliphatic carbocycles. The SMILES string of the molecule is CC(=O)C(NCCCNC(C(C)=O)c1ccccc1)c1ccccc1. The van der Waals surface area contributed by atoms with Gasteiger partial charge in [-0.05, 0) is 44.5 Å². The molecule has 2 atom stereocenters. The van der Waals surface area contributed by atoms with Crippen molar-refractivity contribution in [3.63, 3.8) is 0 Å². The number of hydrogen-bond acceptors (Lipinski definition) is 4. The molecule has 0 bridgehead atoms. The van der Waals surface area contributed by atoms with E-state index in [4.69, 9.17) is 0 Å². The van der Waals surface area contributed by atoms with E-state index in [-0.39, 0.29) is 23.7 Å². The van der Waals surface area contributed by atoms with Gasteiger partial charge in [-0.3, -0.25) is 9.59 Å². The molecule has 132 valence electrons. The minimum Gasteiger partial charge on any atom is -0.304 e. The fraction of sp³-hybridized carbons (Fsp3) is 0.333. The highest BCUT2D eigenvalue weighted by Gasteiger charge is 2.17. The smallest absolute Gasteiger partial charge is 0.151 e. The Balaban J connectivity index is 1.81. The molecule has 2 unspecified atom stereocenters. The van der Waals surface area contributed by atoms with Crippen LogP contribution in [-0.4, -0.2) is 24.7 Å². The van der Waals surface area contributed by atoms with E-state index in [0.29, 0.717) is 13.1 Å². The second-order valence-corrected chi connectivity index (χ2v) is 6.17. The summed E-state index contributed by atoms with van der Waals surface area (Å²) in [5.74, 6) is 0.204. The van der Waals surface area contributed by atoms with Crippen molar-refractivity contribution in [3.8, 4) is 0 Å². The Morgan fingerprint density at radius 3 is 1.40 bits per heavy atom. The summed E-state index contributed by atoms with van der Waals surface area (Å²) < 4.78 is 0. The predicted octanol–water partition coefficient (Wildman–Crippen LogP) is 3.22. The number of benzene rings is 2. The van der Waals surface area contributed by atoms with Gasteiger partial charge in [-0.25, -0.2) is 0 Å². The minimum atomic E-state index is -0.279. The molecule has 2 rings (SSSR count). The van der Waals surface area contributed by atoms with Crippen molar-refractivity contribution >= 4 is 11.6 Å². The summed E-state index contributed by atoms with van der Waals surface area (Å²) in [6, 6.07) is 18.9. The van der Waals surface area contributed by atoms with Crippen LogP contribution in [0.5, 0.6) is 0 Å². The van der Waals surface area contributed by atoms with E-state index in [1.807, 2.05) is 60.7 Å². The van der Waals surface area contributed by atoms with Gasteiger partial charge in [0, 0.05) is 0 Å². The summed E-state index contributed by atoms with van der Waals surface area (Å²) >= 11 is 0. The lowest BCUT2D eigenvalue weighted by atomic mass is 10.0. The first kappa shape index (κ1) is 19.0. The highest BCUT2D eigenvalue weighted by molar-refractivity contribution is 5.83. The van der Waals surface area contributed by atoms with E-state index in [0.717, 1.165) is 17.5 Å². The van der Waals surface area contributed by atoms with E-state index in [1.54, 1.807) is 13.8 Å². The molecule has 2 aromatic rings. The van der Waals surface area contributed by atoms with Crippen LogP contribution in [0.4, 0.5) is 0 Å². The number of Topliss-reactive ketones (excluding diaryl/α,β-unsaturated/α-hetero) is 2. The van der Waals surface area contributed by atoms with Crippen molar-refractivity contribution in [2.24, 2.45) is 0 Å². The molecule has 0 aliphatic heterocycles. The molecule has 0 saturated heterocycles. The van der Waals surface area contributed by atoms with Gasteiger partial charge in [0.15, 0.2) is 11.6 Å². The molecule has 2 N–H and O–H groups in total. The summed E-state index contributed by atoms with van der Waals surface area (Å²) in [6.07, 6.45) is 0.827. The fourth-order valence-corrected chi connectivity index (χ4v) is 2.86. The summed E-state index contributed by atoms with van der Waals surface area (Å²) in [5.41, 5.74) is 1.96. The lowest BCUT2D eigenvalue weighted by Gasteiger charge is -2.18. The minimum absolute atomic E-state index is 0.102. The van der Waals surface area contributed by atoms with E-state index in [9.17, 15) is 9.59 Å². The van der Waals surface area contributed by atoms with Crippen LogP contribution in [0, 0.1) is 0 Å². The zero-order valence-corrected chi connectivity index (χ0v) is 14.9. The number of ketones is 2. The van der Waals surface area contributed by atoms with Crippen molar-refractivity contribution in [3.05, 3.63) is 71.8 Å². The van der Waals surface area contributed by atoms with Gasteiger partial charge in [0.2, 0.25) is 0 Å². The van der Waals surface area contributed by atoms with E-state index < -0.39 is 0 Å². The first-order valence-electron chi connectivity index (χ1n) is 8.67. The van der Waals surface area contributed by atoms with Crippen LogP contribution in [0.3, 0.4) is 0 Å². The molecule has 0 spiro atoms. The van der Waals surface area contributed by atoms with Crippen molar-refractivity contribution in [1.29, 1.82) is 0 Å². The molecule has 2 aromatic carbocycles. The zero-order valence-electron chi connectivity index (χ0n) is 14.9. The van der Waals surface area contributed by atoms with Crippen molar-refractivity contribution < 1.29 is 9.59 Å². The van der Waals surface area contributed by atoms with Crippen LogP contribution in [0.1, 0.15) is 43.5 Å². The van der Waals surface area contributed by atoms with Crippen LogP contribution in [0.25, 0.3) is 0 Å². The van der Waals surface area contributed by atoms with Gasteiger partial charge in [0.05, 0.1) is 12.1 Å². The van der Waals surface area contributed by atoms with Crippen molar-refractivity contribution in [1.82, 2.24) is 10.6 Å². The third-order valence-electron chi connectivity index (χ3n) is 4.13. The summed E-state index contributed by atoms with van der Waals surface area (Å²) in [4.78, 5) is 23.7. The molecule has 0 fully saturated rings. The molecule has 4 heteroatoms. The number of nitrogens with one attached hydrogen (secondary N) is 2. The van der Waals surface area contributed by atoms with Crippen molar-refractivity contribution in [2.75, 3.05) is 13.1 Å². The largest absolute Gasteiger partial charge is 0.304 e. The Morgan fingerprint density at radius 2 is 1.08 bits per heavy atom. The second-order valence-electron chi connectivity index (χ2n) is 6.17. The van der Waals surface area contributed by atoms with Crippen LogP contribution in [0.15, 0.2) is 60.7 Å². The summed E-state index contributed by atoms with van der Waals surface area (Å²) in [6.45, 7) is 4.60. The van der Waals surface area contributed by atoms with E-state index in [1.165, 1.54) is 0 Å². The quantitative estimate of drug-likeness (QED) is 0.653. The van der Waals surface area contributed by atoms with Crippen molar-refractivity contribution in [2.45, 2.75) is 32.4 Å². The third kappa shape index (κ3) is 5.93. The molecule has 0 aromatic heterocycles. The molecule has 0 amide bonds. The normalized spacial score (nSPS) is 13.2. The Hall–Kier alpha value is -2.30. The average molecular weight is 338 g/mol. The standard InChI is InChI=1S/C21H26N2O2/c1-16(24)20(18-10-5-3-6-11-18)22-14-9-15-23-21(17(2)25)19-12-7-4-8-13-19/h3-8,10-13,20-23H,9,14-15H2,1-2H3. The van der Waals surface area contributed by atoms with Crippen LogP contribution in [0.2, 0.25) is 0 Å². The molecular formula is C21H26N2O2. The maximum Gasteiger partial charge on any atom is 0.151 e. The Kier molecular flexibility index (Phi) is 7.51. The first-order chi connectivity index (χ1) is 12.1. The first-order valence-corrected chi connectivity index (χ1v) is 8.67. The fourth-order valence-electron chi connectivity index (χ4n) is 2.86. The van der Waals surface area contributed by atoms with E-state index in [2.05, 4.69) is 10.6 Å². The molecule has 4 nitrogen and oxygen atoms in total. The maximum absolute atomic E-state index is 11.9. The van der Waals surface area contributed by atoms with Gasteiger partial charge in [-0.2, -0.15) is 0 Å². The van der Waals surface area contributed by atoms with E-state index >= 15 is 0 Å².